The summed E-state index contributed by atoms with van der Waals surface area (Å²) >= 11 is 1.58. The zero-order chi connectivity index (χ0) is 12.8. The van der Waals surface area contributed by atoms with Crippen molar-refractivity contribution in [3.63, 3.8) is 0 Å². The molecule has 0 unspecified atom stereocenters. The summed E-state index contributed by atoms with van der Waals surface area (Å²) in [6.07, 6.45) is 0. The van der Waals surface area contributed by atoms with Gasteiger partial charge >= 0.3 is 0 Å². The second-order valence-electron chi connectivity index (χ2n) is 3.88. The molecule has 2 rings (SSSR count). The van der Waals surface area contributed by atoms with E-state index >= 15 is 0 Å². The summed E-state index contributed by atoms with van der Waals surface area (Å²) < 4.78 is 0. The molecule has 0 fully saturated rings. The Labute approximate surface area is 112 Å². The van der Waals surface area contributed by atoms with Crippen molar-refractivity contribution in [1.29, 1.82) is 0 Å². The molecule has 0 bridgehead atoms. The largest absolute Gasteiger partial charge is 0.379 e. The number of nitrogens with two attached hydrogens (primary N) is 1. The molecule has 92 valence electrons. The molecule has 2 aromatic rings. The highest BCUT2D eigenvalue weighted by Gasteiger charge is 2.15. The lowest BCUT2D eigenvalue weighted by atomic mass is 10.0. The number of amidine groups is 1. The Bertz CT molecular complexity index is 469. The molecule has 18 heavy (non-hydrogen) atoms. The van der Waals surface area contributed by atoms with Crippen LogP contribution >= 0.6 is 11.8 Å². The highest BCUT2D eigenvalue weighted by Crippen LogP contribution is 2.35. The maximum atomic E-state index is 5.86. The molecule has 0 radical (unpaired) electrons. The van der Waals surface area contributed by atoms with Gasteiger partial charge in [-0.15, -0.1) is 0 Å². The van der Waals surface area contributed by atoms with E-state index in [1.54, 1.807) is 18.8 Å². The van der Waals surface area contributed by atoms with Gasteiger partial charge in [-0.25, -0.2) is 0 Å². The van der Waals surface area contributed by atoms with E-state index in [1.165, 1.54) is 11.1 Å². The monoisotopic (exact) mass is 256 g/mol. The van der Waals surface area contributed by atoms with E-state index in [0.717, 1.165) is 0 Å². The van der Waals surface area contributed by atoms with E-state index in [2.05, 4.69) is 29.3 Å². The number of thioether (sulfide) groups is 1. The minimum Gasteiger partial charge on any atom is -0.379 e. The molecule has 2 aromatic carbocycles. The molecule has 0 aliphatic rings. The fourth-order valence-electron chi connectivity index (χ4n) is 1.76. The third-order valence-electron chi connectivity index (χ3n) is 2.66. The summed E-state index contributed by atoms with van der Waals surface area (Å²) in [5, 5.41) is 0.795. The van der Waals surface area contributed by atoms with Crippen molar-refractivity contribution < 1.29 is 0 Å². The van der Waals surface area contributed by atoms with Crippen molar-refractivity contribution in [3.8, 4) is 0 Å². The van der Waals surface area contributed by atoms with Crippen LogP contribution in [-0.2, 0) is 0 Å². The lowest BCUT2D eigenvalue weighted by Crippen LogP contribution is -2.10. The lowest BCUT2D eigenvalue weighted by molar-refractivity contribution is 1.16. The molecule has 0 heterocycles. The molecule has 0 spiro atoms. The van der Waals surface area contributed by atoms with Gasteiger partial charge in [0, 0.05) is 7.05 Å². The SMILES string of the molecule is CN=C(N)SC(c1ccccc1)c1ccccc1. The highest BCUT2D eigenvalue weighted by molar-refractivity contribution is 8.14. The van der Waals surface area contributed by atoms with Gasteiger partial charge in [0.15, 0.2) is 5.17 Å². The van der Waals surface area contributed by atoms with Crippen molar-refractivity contribution in [2.24, 2.45) is 10.7 Å². The maximum Gasteiger partial charge on any atom is 0.154 e. The molecule has 0 saturated heterocycles. The Morgan fingerprint density at radius 1 is 0.944 bits per heavy atom. The average Bonchev–Trinajstić information content (AvgIpc) is 2.46. The maximum absolute atomic E-state index is 5.86. The van der Waals surface area contributed by atoms with Gasteiger partial charge in [-0.2, -0.15) is 0 Å². The molecular weight excluding hydrogens is 240 g/mol. The van der Waals surface area contributed by atoms with Crippen LogP contribution in [0.15, 0.2) is 65.7 Å². The van der Waals surface area contributed by atoms with Gasteiger partial charge in [-0.1, -0.05) is 72.4 Å². The first kappa shape index (κ1) is 12.7. The first-order valence-electron chi connectivity index (χ1n) is 5.80. The predicted octanol–water partition coefficient (Wildman–Crippen LogP) is 3.45. The summed E-state index contributed by atoms with van der Waals surface area (Å²) in [5.41, 5.74) is 8.33. The number of benzene rings is 2. The molecule has 3 heteroatoms. The minimum absolute atomic E-state index is 0.191. The van der Waals surface area contributed by atoms with Gasteiger partial charge in [0.25, 0.3) is 0 Å². The molecule has 2 nitrogen and oxygen atoms in total. The van der Waals surface area contributed by atoms with E-state index < -0.39 is 0 Å². The van der Waals surface area contributed by atoms with Crippen molar-refractivity contribution >= 4 is 16.9 Å². The number of aliphatic imine (C=N–C) groups is 1. The van der Waals surface area contributed by atoms with Crippen molar-refractivity contribution in [3.05, 3.63) is 71.8 Å². The predicted molar refractivity (Wildman–Crippen MR) is 79.9 cm³/mol. The Morgan fingerprint density at radius 3 is 1.78 bits per heavy atom. The molecule has 0 saturated carbocycles. The van der Waals surface area contributed by atoms with Gasteiger partial charge in [0.05, 0.1) is 5.25 Å². The van der Waals surface area contributed by atoms with Gasteiger partial charge in [-0.05, 0) is 11.1 Å². The van der Waals surface area contributed by atoms with Gasteiger partial charge in [0.2, 0.25) is 0 Å². The van der Waals surface area contributed by atoms with Crippen LogP contribution in [0.1, 0.15) is 16.4 Å². The van der Waals surface area contributed by atoms with Crippen molar-refractivity contribution in [2.75, 3.05) is 7.05 Å². The Hall–Kier alpha value is -1.74. The summed E-state index contributed by atoms with van der Waals surface area (Å²) in [4.78, 5) is 4.04. The second-order valence-corrected chi connectivity index (χ2v) is 5.01. The summed E-state index contributed by atoms with van der Waals surface area (Å²) in [6.45, 7) is 0. The standard InChI is InChI=1S/C15H16N2S/c1-17-15(16)18-14(12-8-4-2-5-9-12)13-10-6-3-7-11-13/h2-11,14H,1H3,(H2,16,17). The summed E-state index contributed by atoms with van der Waals surface area (Å²) in [5.74, 6) is 0. The number of hydrogen-bond acceptors (Lipinski definition) is 2. The van der Waals surface area contributed by atoms with Crippen molar-refractivity contribution in [2.45, 2.75) is 5.25 Å². The molecule has 0 amide bonds. The molecule has 0 atom stereocenters. The first-order chi connectivity index (χ1) is 8.81. The third kappa shape index (κ3) is 3.14. The molecule has 2 N–H and O–H groups in total. The Kier molecular flexibility index (Phi) is 4.42. The molecule has 0 aromatic heterocycles. The Balaban J connectivity index is 2.35. The average molecular weight is 256 g/mol. The van der Waals surface area contributed by atoms with Gasteiger partial charge in [0.1, 0.15) is 0 Å². The van der Waals surface area contributed by atoms with Crippen LogP contribution in [0.4, 0.5) is 0 Å². The van der Waals surface area contributed by atoms with Crippen LogP contribution in [0.25, 0.3) is 0 Å². The first-order valence-corrected chi connectivity index (χ1v) is 6.68. The van der Waals surface area contributed by atoms with Crippen LogP contribution in [-0.4, -0.2) is 12.2 Å². The summed E-state index contributed by atoms with van der Waals surface area (Å²) in [6, 6.07) is 20.7. The zero-order valence-electron chi connectivity index (χ0n) is 10.3. The molecule has 0 aliphatic heterocycles. The van der Waals surface area contributed by atoms with Crippen LogP contribution in [0.2, 0.25) is 0 Å². The number of hydrogen-bond donors (Lipinski definition) is 1. The van der Waals surface area contributed by atoms with E-state index in [9.17, 15) is 0 Å². The van der Waals surface area contributed by atoms with Gasteiger partial charge < -0.3 is 5.73 Å². The van der Waals surface area contributed by atoms with Crippen LogP contribution in [0, 0.1) is 0 Å². The third-order valence-corrected chi connectivity index (χ3v) is 3.87. The Morgan fingerprint density at radius 2 is 1.39 bits per heavy atom. The second kappa shape index (κ2) is 6.26. The van der Waals surface area contributed by atoms with Gasteiger partial charge in [-0.3, -0.25) is 4.99 Å². The quantitative estimate of drug-likeness (QED) is 0.674. The zero-order valence-corrected chi connectivity index (χ0v) is 11.1. The fraction of sp³-hybridized carbons (Fsp3) is 0.133. The number of rotatable bonds is 3. The van der Waals surface area contributed by atoms with Crippen molar-refractivity contribution in [1.82, 2.24) is 0 Å². The number of nitrogens with zero attached hydrogens (tertiary/aromatic N) is 1. The normalized spacial score (nSPS) is 11.8. The van der Waals surface area contributed by atoms with E-state index in [0.29, 0.717) is 5.17 Å². The lowest BCUT2D eigenvalue weighted by Gasteiger charge is -2.16. The van der Waals surface area contributed by atoms with E-state index in [1.807, 2.05) is 36.4 Å². The smallest absolute Gasteiger partial charge is 0.154 e. The summed E-state index contributed by atoms with van der Waals surface area (Å²) in [7, 11) is 1.72. The van der Waals surface area contributed by atoms with E-state index in [4.69, 9.17) is 5.73 Å². The van der Waals surface area contributed by atoms with E-state index in [-0.39, 0.29) is 5.25 Å². The van der Waals surface area contributed by atoms with Crippen LogP contribution in [0.5, 0.6) is 0 Å². The molecular formula is C15H16N2S. The highest BCUT2D eigenvalue weighted by atomic mass is 32.2. The van der Waals surface area contributed by atoms with Crippen LogP contribution < -0.4 is 5.73 Å². The molecule has 0 aliphatic carbocycles. The minimum atomic E-state index is 0.191. The topological polar surface area (TPSA) is 38.4 Å². The fourth-order valence-corrected chi connectivity index (χ4v) is 2.69. The van der Waals surface area contributed by atoms with Crippen LogP contribution in [0.3, 0.4) is 0 Å².